The first kappa shape index (κ1) is 26.0. The van der Waals surface area contributed by atoms with Crippen LogP contribution in [0.2, 0.25) is 0 Å². The van der Waals surface area contributed by atoms with Crippen LogP contribution < -0.4 is 69.3 Å². The summed E-state index contributed by atoms with van der Waals surface area (Å²) in [6, 6.07) is 0. The molecule has 0 aromatic heterocycles. The zero-order chi connectivity index (χ0) is 15.1. The van der Waals surface area contributed by atoms with Crippen molar-refractivity contribution in [2.45, 2.75) is 25.7 Å². The van der Waals surface area contributed by atoms with Crippen molar-refractivity contribution in [3.63, 3.8) is 0 Å². The summed E-state index contributed by atoms with van der Waals surface area (Å²) in [5, 5.41) is 20.0. The maximum absolute atomic E-state index is 11.1. The Morgan fingerprint density at radius 1 is 0.810 bits per heavy atom. The Morgan fingerprint density at radius 3 is 1.33 bits per heavy atom. The summed E-state index contributed by atoms with van der Waals surface area (Å²) >= 11 is 0. The molecule has 13 heteroatoms. The van der Waals surface area contributed by atoms with Crippen molar-refractivity contribution >= 4 is 31.7 Å². The number of carbonyl (C=O) groups is 4. The molecule has 0 saturated heterocycles. The molecule has 0 spiro atoms. The Labute approximate surface area is 163 Å². The van der Waals surface area contributed by atoms with E-state index in [-0.39, 0.29) is 59.1 Å². The molecule has 108 valence electrons. The third kappa shape index (κ3) is 16.3. The quantitative estimate of drug-likeness (QED) is 0.330. The fourth-order valence-corrected chi connectivity index (χ4v) is 1.51. The van der Waals surface area contributed by atoms with E-state index >= 15 is 0 Å². The third-order valence-electron chi connectivity index (χ3n) is 1.50. The van der Waals surface area contributed by atoms with Gasteiger partial charge in [-0.2, -0.15) is 0 Å². The fourth-order valence-electron chi connectivity index (χ4n) is 0.776. The van der Waals surface area contributed by atoms with Gasteiger partial charge in [-0.15, -0.1) is 0 Å². The van der Waals surface area contributed by atoms with Gasteiger partial charge in [-0.05, 0) is 12.8 Å². The van der Waals surface area contributed by atoms with Crippen LogP contribution in [0.15, 0.2) is 0 Å². The van der Waals surface area contributed by atoms with Crippen LogP contribution in [0.25, 0.3) is 0 Å². The van der Waals surface area contributed by atoms with E-state index in [0.29, 0.717) is 0 Å². The summed E-state index contributed by atoms with van der Waals surface area (Å²) in [4.78, 5) is 50.7. The second-order valence-corrected chi connectivity index (χ2v) is 4.44. The topological polar surface area (TPSA) is 170 Å². The molecule has 0 bridgehead atoms. The molecular weight excluding hydrogens is 333 g/mol. The van der Waals surface area contributed by atoms with Gasteiger partial charge in [0.2, 0.25) is 0 Å². The molecule has 21 heavy (non-hydrogen) atoms. The van der Waals surface area contributed by atoms with E-state index in [9.17, 15) is 34.0 Å². The largest absolute Gasteiger partial charge is 1.00 e. The SMILES string of the molecule is O=C([O-])CCC(=O)OP(=O)(O)OC(=O)CCC(=O)[O-].[Na+].[Na+]. The number of carbonyl (C=O) groups excluding carboxylic acids is 4. The predicted molar refractivity (Wildman–Crippen MR) is 50.5 cm³/mol. The van der Waals surface area contributed by atoms with Crippen LogP contribution in [0.1, 0.15) is 25.7 Å². The van der Waals surface area contributed by atoms with Gasteiger partial charge in [0.15, 0.2) is 0 Å². The van der Waals surface area contributed by atoms with Crippen LogP contribution in [0.5, 0.6) is 0 Å². The van der Waals surface area contributed by atoms with Crippen LogP contribution in [0.3, 0.4) is 0 Å². The molecule has 0 atom stereocenters. The molecule has 0 aliphatic heterocycles. The summed E-state index contributed by atoms with van der Waals surface area (Å²) in [6.45, 7) is 0. The fraction of sp³-hybridized carbons (Fsp3) is 0.500. The first-order chi connectivity index (χ1) is 8.62. The van der Waals surface area contributed by atoms with Gasteiger partial charge in [0.25, 0.3) is 0 Å². The standard InChI is InChI=1S/C8H11O10P.2Na/c9-5(10)1-3-7(13)17-19(15,16)18-8(14)4-2-6(11)12;;/h1-4H2,(H,9,10)(H,11,12)(H,15,16);;/q;2*+1/p-2. The number of hydrogen-bond donors (Lipinski definition) is 1. The van der Waals surface area contributed by atoms with Crippen molar-refractivity contribution < 1.29 is 107 Å². The van der Waals surface area contributed by atoms with Gasteiger partial charge < -0.3 is 28.8 Å². The second-order valence-electron chi connectivity index (χ2n) is 3.14. The van der Waals surface area contributed by atoms with E-state index in [0.717, 1.165) is 0 Å². The summed E-state index contributed by atoms with van der Waals surface area (Å²) in [5.74, 6) is -5.92. The molecular formula is C8H9Na2O10P. The normalized spacial score (nSPS) is 9.57. The van der Waals surface area contributed by atoms with Gasteiger partial charge in [-0.3, -0.25) is 14.5 Å². The number of hydrogen-bond acceptors (Lipinski definition) is 9. The Hall–Kier alpha value is 0.0700. The van der Waals surface area contributed by atoms with E-state index in [1.165, 1.54) is 0 Å². The molecule has 0 amide bonds. The van der Waals surface area contributed by atoms with Crippen LogP contribution in [0.4, 0.5) is 0 Å². The number of rotatable bonds is 8. The minimum absolute atomic E-state index is 0. The zero-order valence-electron chi connectivity index (χ0n) is 11.4. The van der Waals surface area contributed by atoms with Crippen LogP contribution >= 0.6 is 7.82 Å². The Bertz CT molecular complexity index is 401. The van der Waals surface area contributed by atoms with Crippen molar-refractivity contribution in [2.24, 2.45) is 0 Å². The maximum Gasteiger partial charge on any atom is 1.00 e. The van der Waals surface area contributed by atoms with Gasteiger partial charge in [0.1, 0.15) is 0 Å². The van der Waals surface area contributed by atoms with Crippen molar-refractivity contribution in [3.8, 4) is 0 Å². The van der Waals surface area contributed by atoms with Gasteiger partial charge >= 0.3 is 78.9 Å². The minimum Gasteiger partial charge on any atom is -0.550 e. The molecule has 0 aliphatic rings. The number of phosphoric ester groups is 1. The van der Waals surface area contributed by atoms with Crippen LogP contribution in [-0.2, 0) is 32.8 Å². The zero-order valence-corrected chi connectivity index (χ0v) is 16.3. The molecule has 0 heterocycles. The Kier molecular flexibility index (Phi) is 15.6. The van der Waals surface area contributed by atoms with E-state index in [4.69, 9.17) is 4.89 Å². The van der Waals surface area contributed by atoms with Gasteiger partial charge in [0.05, 0.1) is 12.8 Å². The molecule has 0 fully saturated rings. The first-order valence-corrected chi connectivity index (χ1v) is 6.29. The molecule has 0 aromatic rings. The van der Waals surface area contributed by atoms with Crippen molar-refractivity contribution in [3.05, 3.63) is 0 Å². The molecule has 0 saturated carbocycles. The van der Waals surface area contributed by atoms with Crippen molar-refractivity contribution in [1.29, 1.82) is 0 Å². The molecule has 0 radical (unpaired) electrons. The number of aliphatic carboxylic acids is 2. The minimum atomic E-state index is -5.05. The smallest absolute Gasteiger partial charge is 0.550 e. The van der Waals surface area contributed by atoms with Crippen molar-refractivity contribution in [2.75, 3.05) is 0 Å². The Morgan fingerprint density at radius 2 is 1.10 bits per heavy atom. The average molecular weight is 342 g/mol. The van der Waals surface area contributed by atoms with Crippen molar-refractivity contribution in [1.82, 2.24) is 0 Å². The Balaban J connectivity index is -0.00000162. The van der Waals surface area contributed by atoms with E-state index < -0.39 is 57.4 Å². The van der Waals surface area contributed by atoms with Gasteiger partial charge in [0, 0.05) is 11.9 Å². The number of phosphoric acid groups is 1. The summed E-state index contributed by atoms with van der Waals surface area (Å²) < 4.78 is 18.7. The number of carboxylic acid groups (broad SMARTS) is 2. The van der Waals surface area contributed by atoms with Gasteiger partial charge in [-0.1, -0.05) is 0 Å². The molecule has 0 rings (SSSR count). The average Bonchev–Trinajstić information content (AvgIpc) is 2.22. The molecule has 1 N–H and O–H groups in total. The number of carboxylic acids is 2. The first-order valence-electron chi connectivity index (χ1n) is 4.79. The molecule has 0 unspecified atom stereocenters. The predicted octanol–water partition coefficient (Wildman–Crippen LogP) is -8.76. The van der Waals surface area contributed by atoms with E-state index in [1.807, 2.05) is 0 Å². The van der Waals surface area contributed by atoms with E-state index in [2.05, 4.69) is 9.05 Å². The van der Waals surface area contributed by atoms with E-state index in [1.54, 1.807) is 0 Å². The van der Waals surface area contributed by atoms with Crippen LogP contribution in [0, 0.1) is 0 Å². The molecule has 10 nitrogen and oxygen atoms in total. The maximum atomic E-state index is 11.1. The third-order valence-corrected chi connectivity index (χ3v) is 2.37. The summed E-state index contributed by atoms with van der Waals surface area (Å²) in [7, 11) is -5.05. The molecule has 0 aliphatic carbocycles. The monoisotopic (exact) mass is 342 g/mol. The van der Waals surface area contributed by atoms with Gasteiger partial charge in [-0.25, -0.2) is 4.57 Å². The van der Waals surface area contributed by atoms with Crippen LogP contribution in [-0.4, -0.2) is 28.8 Å². The molecule has 0 aromatic carbocycles. The summed E-state index contributed by atoms with van der Waals surface area (Å²) in [6.07, 6.45) is -2.97. The summed E-state index contributed by atoms with van der Waals surface area (Å²) in [5.41, 5.74) is 0. The second kappa shape index (κ2) is 12.6.